The fraction of sp³-hybridized carbons (Fsp3) is 0. The van der Waals surface area contributed by atoms with E-state index in [1.54, 1.807) is 17.4 Å². The number of allylic oxidation sites excluding steroid dienone is 1. The lowest BCUT2D eigenvalue weighted by molar-refractivity contribution is 0.0990. The van der Waals surface area contributed by atoms with Crippen LogP contribution in [0.15, 0.2) is 90.5 Å². The number of carbonyl (C=O) groups is 2. The Labute approximate surface area is 198 Å². The second-order valence-corrected chi connectivity index (χ2v) is 9.48. The SMILES string of the molecule is O=C1C(=Cc2cc3sc(-c4cccc5ccccc45)nc3[nH]2)C(=O)c2cc3ccccc3cc21. The van der Waals surface area contributed by atoms with Crippen molar-refractivity contribution in [3.63, 3.8) is 0 Å². The van der Waals surface area contributed by atoms with Crippen LogP contribution >= 0.6 is 11.3 Å². The van der Waals surface area contributed by atoms with E-state index in [1.165, 1.54) is 5.39 Å². The van der Waals surface area contributed by atoms with Crippen LogP contribution in [0.25, 0.3) is 48.5 Å². The van der Waals surface area contributed by atoms with Gasteiger partial charge in [-0.15, -0.1) is 11.3 Å². The summed E-state index contributed by atoms with van der Waals surface area (Å²) in [5.41, 5.74) is 3.68. The third-order valence-corrected chi connectivity index (χ3v) is 7.42. The molecule has 4 nitrogen and oxygen atoms in total. The van der Waals surface area contributed by atoms with Crippen LogP contribution in [0.5, 0.6) is 0 Å². The van der Waals surface area contributed by atoms with E-state index in [4.69, 9.17) is 4.98 Å². The summed E-state index contributed by atoms with van der Waals surface area (Å²) in [6, 6.07) is 27.8. The van der Waals surface area contributed by atoms with Crippen molar-refractivity contribution in [2.45, 2.75) is 0 Å². The molecule has 7 rings (SSSR count). The third-order valence-electron chi connectivity index (χ3n) is 6.39. The van der Waals surface area contributed by atoms with E-state index < -0.39 is 0 Å². The maximum atomic E-state index is 13.1. The third kappa shape index (κ3) is 2.81. The van der Waals surface area contributed by atoms with Gasteiger partial charge >= 0.3 is 0 Å². The average Bonchev–Trinajstić information content (AvgIpc) is 3.50. The van der Waals surface area contributed by atoms with Gasteiger partial charge in [-0.05, 0) is 45.8 Å². The number of rotatable bonds is 2. The van der Waals surface area contributed by atoms with Crippen molar-refractivity contribution >= 4 is 60.9 Å². The average molecular weight is 457 g/mol. The minimum absolute atomic E-state index is 0.188. The lowest BCUT2D eigenvalue weighted by atomic mass is 10.0. The molecule has 0 bridgehead atoms. The highest BCUT2D eigenvalue weighted by Crippen LogP contribution is 2.36. The standard InChI is InChI=1S/C29H16N2O2S/c32-26-22-12-17-7-1-2-8-18(17)13-23(22)27(33)24(26)14-19-15-25-28(30-19)31-29(34-25)21-11-5-9-16-6-3-4-10-20(16)21/h1-15,30H. The van der Waals surface area contributed by atoms with E-state index in [1.807, 2.05) is 60.7 Å². The first-order chi connectivity index (χ1) is 16.7. The van der Waals surface area contributed by atoms with Crippen molar-refractivity contribution < 1.29 is 9.59 Å². The molecule has 0 saturated carbocycles. The molecule has 0 fully saturated rings. The number of benzene rings is 4. The number of nitrogens with zero attached hydrogens (tertiary/aromatic N) is 1. The molecule has 0 unspecified atom stereocenters. The largest absolute Gasteiger partial charge is 0.339 e. The second-order valence-electron chi connectivity index (χ2n) is 8.44. The molecule has 160 valence electrons. The number of hydrogen-bond acceptors (Lipinski definition) is 4. The summed E-state index contributed by atoms with van der Waals surface area (Å²) in [6.45, 7) is 0. The Hall–Kier alpha value is -4.35. The van der Waals surface area contributed by atoms with Crippen molar-refractivity contribution in [2.24, 2.45) is 0 Å². The minimum atomic E-state index is -0.229. The summed E-state index contributed by atoms with van der Waals surface area (Å²) < 4.78 is 0.982. The zero-order chi connectivity index (χ0) is 22.8. The van der Waals surface area contributed by atoms with E-state index in [-0.39, 0.29) is 17.1 Å². The van der Waals surface area contributed by atoms with Gasteiger partial charge in [0.15, 0.2) is 11.6 Å². The summed E-state index contributed by atoms with van der Waals surface area (Å²) >= 11 is 1.59. The van der Waals surface area contributed by atoms with Gasteiger partial charge in [-0.2, -0.15) is 0 Å². The summed E-state index contributed by atoms with van der Waals surface area (Å²) in [7, 11) is 0. The molecule has 0 aliphatic heterocycles. The van der Waals surface area contributed by atoms with E-state index in [2.05, 4.69) is 29.2 Å². The van der Waals surface area contributed by atoms with Gasteiger partial charge in [-0.25, -0.2) is 4.98 Å². The van der Waals surface area contributed by atoms with Gasteiger partial charge in [0, 0.05) is 22.4 Å². The minimum Gasteiger partial charge on any atom is -0.339 e. The maximum absolute atomic E-state index is 13.1. The highest BCUT2D eigenvalue weighted by atomic mass is 32.1. The van der Waals surface area contributed by atoms with Gasteiger partial charge < -0.3 is 4.98 Å². The Bertz CT molecular complexity index is 1760. The molecule has 0 saturated heterocycles. The summed E-state index contributed by atoms with van der Waals surface area (Å²) in [4.78, 5) is 34.2. The second kappa shape index (κ2) is 7.07. The van der Waals surface area contributed by atoms with Crippen LogP contribution in [-0.4, -0.2) is 21.5 Å². The molecule has 1 aliphatic carbocycles. The van der Waals surface area contributed by atoms with Gasteiger partial charge in [-0.3, -0.25) is 9.59 Å². The highest BCUT2D eigenvalue weighted by Gasteiger charge is 2.33. The first kappa shape index (κ1) is 19.1. The van der Waals surface area contributed by atoms with Crippen LogP contribution in [-0.2, 0) is 0 Å². The number of H-pyrrole nitrogens is 1. The maximum Gasteiger partial charge on any atom is 0.197 e. The molecule has 34 heavy (non-hydrogen) atoms. The Balaban J connectivity index is 1.28. The quantitative estimate of drug-likeness (QED) is 0.224. The highest BCUT2D eigenvalue weighted by molar-refractivity contribution is 7.21. The number of nitrogens with one attached hydrogen (secondary N) is 1. The molecule has 1 N–H and O–H groups in total. The van der Waals surface area contributed by atoms with Crippen molar-refractivity contribution in [2.75, 3.05) is 0 Å². The van der Waals surface area contributed by atoms with Crippen LogP contribution in [0.3, 0.4) is 0 Å². The van der Waals surface area contributed by atoms with Crippen LogP contribution in [0.4, 0.5) is 0 Å². The number of Topliss-reactive ketones (excluding diaryl/α,β-unsaturated/α-hetero) is 2. The molecular weight excluding hydrogens is 440 g/mol. The van der Waals surface area contributed by atoms with Crippen LogP contribution < -0.4 is 0 Å². The molecule has 1 aliphatic rings. The zero-order valence-electron chi connectivity index (χ0n) is 17.8. The van der Waals surface area contributed by atoms with Crippen LogP contribution in [0, 0.1) is 0 Å². The van der Waals surface area contributed by atoms with E-state index in [0.717, 1.165) is 37.1 Å². The Morgan fingerprint density at radius 2 is 1.35 bits per heavy atom. The number of aromatic amines is 1. The fourth-order valence-corrected chi connectivity index (χ4v) is 5.75. The van der Waals surface area contributed by atoms with Crippen LogP contribution in [0.1, 0.15) is 26.4 Å². The molecular formula is C29H16N2O2S. The first-order valence-electron chi connectivity index (χ1n) is 11.0. The van der Waals surface area contributed by atoms with Gasteiger partial charge in [-0.1, -0.05) is 66.7 Å². The van der Waals surface area contributed by atoms with Gasteiger partial charge in [0.25, 0.3) is 0 Å². The van der Waals surface area contributed by atoms with Gasteiger partial charge in [0.1, 0.15) is 10.7 Å². The first-order valence-corrected chi connectivity index (χ1v) is 11.8. The fourth-order valence-electron chi connectivity index (χ4n) is 4.73. The number of ketones is 2. The van der Waals surface area contributed by atoms with E-state index in [0.29, 0.717) is 16.8 Å². The molecule has 2 aromatic heterocycles. The molecule has 0 radical (unpaired) electrons. The number of carbonyl (C=O) groups excluding carboxylic acids is 2. The number of hydrogen-bond donors (Lipinski definition) is 1. The monoisotopic (exact) mass is 456 g/mol. The zero-order valence-corrected chi connectivity index (χ0v) is 18.6. The van der Waals surface area contributed by atoms with Gasteiger partial charge in [0.05, 0.1) is 10.3 Å². The number of thiazole rings is 1. The summed E-state index contributed by atoms with van der Waals surface area (Å²) in [5, 5.41) is 5.18. The summed E-state index contributed by atoms with van der Waals surface area (Å²) in [5.74, 6) is -0.457. The topological polar surface area (TPSA) is 62.8 Å². The van der Waals surface area contributed by atoms with Crippen molar-refractivity contribution in [3.05, 3.63) is 107 Å². The molecule has 0 amide bonds. The Kier molecular flexibility index (Phi) is 3.98. The predicted molar refractivity (Wildman–Crippen MR) is 137 cm³/mol. The lowest BCUT2D eigenvalue weighted by Gasteiger charge is -2.02. The summed E-state index contributed by atoms with van der Waals surface area (Å²) in [6.07, 6.45) is 1.65. The normalized spacial score (nSPS) is 13.4. The van der Waals surface area contributed by atoms with Crippen LogP contribution in [0.2, 0.25) is 0 Å². The molecule has 0 atom stereocenters. The lowest BCUT2D eigenvalue weighted by Crippen LogP contribution is -2.00. The number of aromatic nitrogens is 2. The molecule has 4 aromatic carbocycles. The van der Waals surface area contributed by atoms with Gasteiger partial charge in [0.2, 0.25) is 0 Å². The predicted octanol–water partition coefficient (Wildman–Crippen LogP) is 7.06. The Morgan fingerprint density at radius 1 is 0.706 bits per heavy atom. The van der Waals surface area contributed by atoms with E-state index >= 15 is 0 Å². The number of fused-ring (bicyclic) bond motifs is 4. The molecule has 6 aromatic rings. The van der Waals surface area contributed by atoms with E-state index in [9.17, 15) is 9.59 Å². The molecule has 2 heterocycles. The molecule has 0 spiro atoms. The smallest absolute Gasteiger partial charge is 0.197 e. The van der Waals surface area contributed by atoms with Crippen molar-refractivity contribution in [1.29, 1.82) is 0 Å². The van der Waals surface area contributed by atoms with Crippen molar-refractivity contribution in [3.8, 4) is 10.6 Å². The Morgan fingerprint density at radius 3 is 2.06 bits per heavy atom. The molecule has 5 heteroatoms. The van der Waals surface area contributed by atoms with Crippen molar-refractivity contribution in [1.82, 2.24) is 9.97 Å².